The van der Waals surface area contributed by atoms with Gasteiger partial charge in [-0.3, -0.25) is 14.4 Å². The van der Waals surface area contributed by atoms with Crippen molar-refractivity contribution in [3.05, 3.63) is 17.5 Å². The molecule has 30 heavy (non-hydrogen) atoms. The number of nitrogens with one attached hydrogen (secondary N) is 1. The van der Waals surface area contributed by atoms with Crippen LogP contribution >= 0.6 is 0 Å². The van der Waals surface area contributed by atoms with Gasteiger partial charge in [0.25, 0.3) is 5.91 Å². The minimum atomic E-state index is -0.0741. The fourth-order valence-electron chi connectivity index (χ4n) is 4.53. The highest BCUT2D eigenvalue weighted by Gasteiger charge is 2.34. The van der Waals surface area contributed by atoms with Gasteiger partial charge in [0.2, 0.25) is 0 Å². The van der Waals surface area contributed by atoms with E-state index in [9.17, 15) is 9.59 Å². The van der Waals surface area contributed by atoms with Crippen LogP contribution in [0.2, 0.25) is 0 Å². The Hall–Kier alpha value is -2.13. The van der Waals surface area contributed by atoms with Crippen molar-refractivity contribution in [3.8, 4) is 0 Å². The highest BCUT2D eigenvalue weighted by Crippen LogP contribution is 2.23. The Kier molecular flexibility index (Phi) is 7.71. The van der Waals surface area contributed by atoms with Gasteiger partial charge in [0, 0.05) is 77.8 Å². The predicted molar refractivity (Wildman–Crippen MR) is 115 cm³/mol. The van der Waals surface area contributed by atoms with Crippen LogP contribution in [0.1, 0.15) is 42.2 Å². The van der Waals surface area contributed by atoms with Crippen LogP contribution in [0.3, 0.4) is 0 Å². The number of carbonyl (C=O) groups is 2. The van der Waals surface area contributed by atoms with Crippen LogP contribution in [0.15, 0.2) is 6.20 Å². The third-order valence-corrected chi connectivity index (χ3v) is 6.25. The molecular formula is C21H36N6O3. The Labute approximate surface area is 179 Å². The number of amides is 3. The first-order valence-electron chi connectivity index (χ1n) is 11.0. The molecule has 1 N–H and O–H groups in total. The number of aromatic nitrogens is 2. The highest BCUT2D eigenvalue weighted by atomic mass is 16.5. The summed E-state index contributed by atoms with van der Waals surface area (Å²) in [6.45, 7) is 9.10. The lowest BCUT2D eigenvalue weighted by Gasteiger charge is -2.38. The van der Waals surface area contributed by atoms with E-state index in [0.717, 1.165) is 64.3 Å². The number of hydrogen-bond acceptors (Lipinski definition) is 5. The molecule has 2 fully saturated rings. The summed E-state index contributed by atoms with van der Waals surface area (Å²) in [6, 6.07) is 0.819. The summed E-state index contributed by atoms with van der Waals surface area (Å²) >= 11 is 0. The lowest BCUT2D eigenvalue weighted by molar-refractivity contribution is 0.0188. The van der Waals surface area contributed by atoms with Gasteiger partial charge in [0.15, 0.2) is 0 Å². The second-order valence-corrected chi connectivity index (χ2v) is 8.36. The van der Waals surface area contributed by atoms with E-state index in [2.05, 4.69) is 15.3 Å². The second kappa shape index (κ2) is 10.3. The van der Waals surface area contributed by atoms with E-state index in [-0.39, 0.29) is 11.9 Å². The van der Waals surface area contributed by atoms with Gasteiger partial charge in [0.05, 0.1) is 11.8 Å². The molecule has 0 spiro atoms. The van der Waals surface area contributed by atoms with Gasteiger partial charge in [-0.05, 0) is 33.1 Å². The number of ether oxygens (including phenoxy) is 1. The van der Waals surface area contributed by atoms with E-state index in [1.807, 2.05) is 23.4 Å². The summed E-state index contributed by atoms with van der Waals surface area (Å²) in [5.74, 6) is -0.0741. The van der Waals surface area contributed by atoms with E-state index in [4.69, 9.17) is 4.74 Å². The molecule has 0 saturated carbocycles. The second-order valence-electron chi connectivity index (χ2n) is 8.36. The summed E-state index contributed by atoms with van der Waals surface area (Å²) in [6.07, 6.45) is 4.60. The first-order chi connectivity index (χ1) is 14.4. The van der Waals surface area contributed by atoms with E-state index in [1.54, 1.807) is 25.2 Å². The SMILES string of the molecule is CCn1ncc(C(=O)NCCN(C2CCOCC2)C2CCN(C(=O)N(C)C)C2)c1C. The third kappa shape index (κ3) is 5.13. The Morgan fingerprint density at radius 2 is 1.97 bits per heavy atom. The minimum absolute atomic E-state index is 0.0705. The van der Waals surface area contributed by atoms with Gasteiger partial charge in [-0.2, -0.15) is 5.10 Å². The van der Waals surface area contributed by atoms with Gasteiger partial charge in [-0.25, -0.2) is 4.79 Å². The third-order valence-electron chi connectivity index (χ3n) is 6.25. The van der Waals surface area contributed by atoms with Gasteiger partial charge in [-0.15, -0.1) is 0 Å². The maximum absolute atomic E-state index is 12.6. The smallest absolute Gasteiger partial charge is 0.319 e. The monoisotopic (exact) mass is 420 g/mol. The van der Waals surface area contributed by atoms with E-state index >= 15 is 0 Å². The van der Waals surface area contributed by atoms with Crippen molar-refractivity contribution in [1.82, 2.24) is 29.8 Å². The van der Waals surface area contributed by atoms with E-state index < -0.39 is 0 Å². The molecule has 1 aromatic rings. The lowest BCUT2D eigenvalue weighted by Crippen LogP contribution is -2.50. The fourth-order valence-corrected chi connectivity index (χ4v) is 4.53. The summed E-state index contributed by atoms with van der Waals surface area (Å²) in [7, 11) is 3.59. The summed E-state index contributed by atoms with van der Waals surface area (Å²) in [4.78, 5) is 31.0. The molecule has 3 rings (SSSR count). The maximum Gasteiger partial charge on any atom is 0.319 e. The standard InChI is InChI=1S/C21H36N6O3/c1-5-27-16(2)19(14-23-27)20(28)22-9-11-26(17-7-12-30-13-8-17)18-6-10-25(15-18)21(29)24(3)4/h14,17-18H,5-13,15H2,1-4H3,(H,22,28). The number of hydrogen-bond donors (Lipinski definition) is 1. The number of carbonyl (C=O) groups excluding carboxylic acids is 2. The molecule has 2 aliphatic rings. The van der Waals surface area contributed by atoms with Crippen molar-refractivity contribution in [2.75, 3.05) is 53.5 Å². The van der Waals surface area contributed by atoms with Gasteiger partial charge in [0.1, 0.15) is 0 Å². The van der Waals surface area contributed by atoms with Gasteiger partial charge in [-0.1, -0.05) is 0 Å². The Morgan fingerprint density at radius 3 is 2.60 bits per heavy atom. The molecule has 1 aromatic heterocycles. The first-order valence-corrected chi connectivity index (χ1v) is 11.0. The quantitative estimate of drug-likeness (QED) is 0.716. The molecule has 2 saturated heterocycles. The molecule has 9 nitrogen and oxygen atoms in total. The molecule has 2 aliphatic heterocycles. The summed E-state index contributed by atoms with van der Waals surface area (Å²) < 4.78 is 7.38. The number of rotatable bonds is 7. The average Bonchev–Trinajstić information content (AvgIpc) is 3.37. The summed E-state index contributed by atoms with van der Waals surface area (Å²) in [5, 5.41) is 7.33. The van der Waals surface area contributed by atoms with Gasteiger partial charge >= 0.3 is 6.03 Å². The normalized spacial score (nSPS) is 20.0. The van der Waals surface area contributed by atoms with Crippen molar-refractivity contribution in [3.63, 3.8) is 0 Å². The molecule has 0 radical (unpaired) electrons. The van der Waals surface area contributed by atoms with Crippen LogP contribution < -0.4 is 5.32 Å². The van der Waals surface area contributed by atoms with Crippen molar-refractivity contribution in [2.45, 2.75) is 51.7 Å². The predicted octanol–water partition coefficient (Wildman–Crippen LogP) is 1.18. The van der Waals surface area contributed by atoms with Crippen molar-refractivity contribution >= 4 is 11.9 Å². The number of urea groups is 1. The van der Waals surface area contributed by atoms with E-state index in [0.29, 0.717) is 24.2 Å². The summed E-state index contributed by atoms with van der Waals surface area (Å²) in [5.41, 5.74) is 1.53. The maximum atomic E-state index is 12.6. The zero-order valence-corrected chi connectivity index (χ0v) is 18.8. The first kappa shape index (κ1) is 22.6. The van der Waals surface area contributed by atoms with Crippen LogP contribution in [0.5, 0.6) is 0 Å². The van der Waals surface area contributed by atoms with Crippen LogP contribution in [0.25, 0.3) is 0 Å². The fraction of sp³-hybridized carbons (Fsp3) is 0.762. The number of likely N-dealkylation sites (tertiary alicyclic amines) is 1. The van der Waals surface area contributed by atoms with Crippen LogP contribution in [-0.4, -0.2) is 102 Å². The van der Waals surface area contributed by atoms with Crippen molar-refractivity contribution < 1.29 is 14.3 Å². The molecule has 0 aliphatic carbocycles. The van der Waals surface area contributed by atoms with E-state index in [1.165, 1.54) is 0 Å². The van der Waals surface area contributed by atoms with Crippen molar-refractivity contribution in [2.24, 2.45) is 0 Å². The molecule has 3 amide bonds. The molecule has 1 unspecified atom stereocenters. The molecule has 9 heteroatoms. The highest BCUT2D eigenvalue weighted by molar-refractivity contribution is 5.95. The number of nitrogens with zero attached hydrogens (tertiary/aromatic N) is 5. The molecule has 168 valence electrons. The minimum Gasteiger partial charge on any atom is -0.381 e. The Morgan fingerprint density at radius 1 is 1.23 bits per heavy atom. The zero-order valence-electron chi connectivity index (χ0n) is 18.8. The Balaban J connectivity index is 1.60. The lowest BCUT2D eigenvalue weighted by atomic mass is 10.0. The molecule has 0 aromatic carbocycles. The largest absolute Gasteiger partial charge is 0.381 e. The molecule has 3 heterocycles. The topological polar surface area (TPSA) is 82.9 Å². The van der Waals surface area contributed by atoms with Crippen molar-refractivity contribution in [1.29, 1.82) is 0 Å². The van der Waals surface area contributed by atoms with Crippen LogP contribution in [0, 0.1) is 6.92 Å². The zero-order chi connectivity index (χ0) is 21.7. The average molecular weight is 421 g/mol. The molecule has 0 bridgehead atoms. The Bertz CT molecular complexity index is 728. The molecule has 1 atom stereocenters. The number of aryl methyl sites for hydroxylation is 1. The van der Waals surface area contributed by atoms with Crippen LogP contribution in [-0.2, 0) is 11.3 Å². The van der Waals surface area contributed by atoms with Gasteiger partial charge < -0.3 is 19.9 Å². The molecular weight excluding hydrogens is 384 g/mol. The van der Waals surface area contributed by atoms with Crippen LogP contribution in [0.4, 0.5) is 4.79 Å².